The number of carbonyl (C=O) groups excluding carboxylic acids is 1. The third kappa shape index (κ3) is 8.56. The number of rotatable bonds is 11. The zero-order chi connectivity index (χ0) is 19.3. The summed E-state index contributed by atoms with van der Waals surface area (Å²) in [5, 5.41) is 2.95. The average Bonchev–Trinajstić information content (AvgIpc) is 2.69. The van der Waals surface area contributed by atoms with E-state index in [-0.39, 0.29) is 27.1 Å². The zero-order valence-electron chi connectivity index (χ0n) is 16.1. The SMILES string of the molecule is CCCCOC=Nc1ccc([I+]c2ccc(NC(=O)CCCC)cc2)cc1. The van der Waals surface area contributed by atoms with Crippen LogP contribution in [-0.2, 0) is 9.53 Å². The van der Waals surface area contributed by atoms with Gasteiger partial charge in [0.15, 0.2) is 13.5 Å². The summed E-state index contributed by atoms with van der Waals surface area (Å²) in [6.07, 6.45) is 6.26. The number of ether oxygens (including phenoxy) is 1. The number of carbonyl (C=O) groups is 1. The summed E-state index contributed by atoms with van der Waals surface area (Å²) in [6, 6.07) is 16.5. The molecule has 0 aromatic heterocycles. The van der Waals surface area contributed by atoms with Crippen LogP contribution in [0.1, 0.15) is 46.0 Å². The first-order valence-electron chi connectivity index (χ1n) is 9.50. The first kappa shape index (κ1) is 21.4. The van der Waals surface area contributed by atoms with Gasteiger partial charge in [-0.05, 0) is 61.4 Å². The van der Waals surface area contributed by atoms with Crippen LogP contribution in [0.15, 0.2) is 53.5 Å². The third-order valence-electron chi connectivity index (χ3n) is 3.82. The van der Waals surface area contributed by atoms with Crippen LogP contribution in [0.25, 0.3) is 0 Å². The summed E-state index contributed by atoms with van der Waals surface area (Å²) in [7, 11) is 0. The third-order valence-corrected chi connectivity index (χ3v) is 6.51. The maximum Gasteiger partial charge on any atom is 0.357 e. The highest BCUT2D eigenvalue weighted by atomic mass is 127. The van der Waals surface area contributed by atoms with E-state index in [1.807, 2.05) is 24.3 Å². The normalized spacial score (nSPS) is 10.9. The van der Waals surface area contributed by atoms with Gasteiger partial charge in [-0.3, -0.25) is 4.79 Å². The lowest BCUT2D eigenvalue weighted by molar-refractivity contribution is -0.597. The van der Waals surface area contributed by atoms with Crippen molar-refractivity contribution in [1.29, 1.82) is 0 Å². The molecule has 27 heavy (non-hydrogen) atoms. The average molecular weight is 479 g/mol. The lowest BCUT2D eigenvalue weighted by atomic mass is 10.2. The summed E-state index contributed by atoms with van der Waals surface area (Å²) in [6.45, 7) is 4.95. The van der Waals surface area contributed by atoms with E-state index < -0.39 is 0 Å². The highest BCUT2D eigenvalue weighted by Crippen LogP contribution is 2.09. The van der Waals surface area contributed by atoms with Gasteiger partial charge in [0.25, 0.3) is 0 Å². The molecule has 0 bridgehead atoms. The molecule has 0 saturated heterocycles. The molecular formula is C22H28IN2O2+. The molecule has 0 radical (unpaired) electrons. The van der Waals surface area contributed by atoms with Gasteiger partial charge in [-0.25, -0.2) is 4.99 Å². The predicted molar refractivity (Wildman–Crippen MR) is 107 cm³/mol. The van der Waals surface area contributed by atoms with E-state index >= 15 is 0 Å². The van der Waals surface area contributed by atoms with Crippen LogP contribution in [0, 0.1) is 7.14 Å². The summed E-state index contributed by atoms with van der Waals surface area (Å²) in [5.41, 5.74) is 1.78. The van der Waals surface area contributed by atoms with Crippen molar-refractivity contribution in [3.63, 3.8) is 0 Å². The Labute approximate surface area is 172 Å². The van der Waals surface area contributed by atoms with Crippen molar-refractivity contribution in [2.45, 2.75) is 46.0 Å². The molecule has 0 aliphatic carbocycles. The van der Waals surface area contributed by atoms with E-state index in [0.29, 0.717) is 6.42 Å². The molecule has 5 heteroatoms. The van der Waals surface area contributed by atoms with E-state index in [9.17, 15) is 4.79 Å². The first-order chi connectivity index (χ1) is 13.2. The van der Waals surface area contributed by atoms with Crippen LogP contribution < -0.4 is 26.5 Å². The molecular weight excluding hydrogens is 451 g/mol. The number of anilines is 1. The molecule has 0 fully saturated rings. The summed E-state index contributed by atoms with van der Waals surface area (Å²) >= 11 is -0.246. The Morgan fingerprint density at radius 1 is 1.00 bits per heavy atom. The molecule has 2 rings (SSSR count). The zero-order valence-corrected chi connectivity index (χ0v) is 18.2. The van der Waals surface area contributed by atoms with E-state index in [1.54, 1.807) is 0 Å². The molecule has 0 spiro atoms. The lowest BCUT2D eigenvalue weighted by Crippen LogP contribution is -3.61. The second-order valence-electron chi connectivity index (χ2n) is 6.19. The molecule has 0 aliphatic heterocycles. The molecule has 0 saturated carbocycles. The minimum atomic E-state index is -0.246. The fourth-order valence-corrected chi connectivity index (χ4v) is 4.41. The Kier molecular flexibility index (Phi) is 9.90. The first-order valence-corrected chi connectivity index (χ1v) is 11.7. The molecule has 0 heterocycles. The highest BCUT2D eigenvalue weighted by Gasteiger charge is 2.15. The Morgan fingerprint density at radius 3 is 2.26 bits per heavy atom. The van der Waals surface area contributed by atoms with Crippen molar-refractivity contribution in [2.75, 3.05) is 11.9 Å². The number of benzene rings is 2. The van der Waals surface area contributed by atoms with E-state index in [4.69, 9.17) is 4.74 Å². The molecule has 144 valence electrons. The molecule has 1 amide bonds. The van der Waals surface area contributed by atoms with Crippen molar-refractivity contribution in [1.82, 2.24) is 0 Å². The van der Waals surface area contributed by atoms with Crippen LogP contribution >= 0.6 is 0 Å². The largest absolute Gasteiger partial charge is 0.483 e. The molecule has 0 unspecified atom stereocenters. The van der Waals surface area contributed by atoms with Gasteiger partial charge in [-0.15, -0.1) is 0 Å². The van der Waals surface area contributed by atoms with Crippen molar-refractivity contribution in [3.8, 4) is 0 Å². The number of amides is 1. The van der Waals surface area contributed by atoms with Crippen molar-refractivity contribution >= 4 is 23.7 Å². The minimum absolute atomic E-state index is 0.0918. The number of unbranched alkanes of at least 4 members (excludes halogenated alkanes) is 2. The molecule has 1 N–H and O–H groups in total. The summed E-state index contributed by atoms with van der Waals surface area (Å²) in [5.74, 6) is 0.0918. The number of hydrogen-bond acceptors (Lipinski definition) is 3. The van der Waals surface area contributed by atoms with Gasteiger partial charge >= 0.3 is 21.2 Å². The maximum absolute atomic E-state index is 11.8. The van der Waals surface area contributed by atoms with Crippen LogP contribution in [0.2, 0.25) is 0 Å². The van der Waals surface area contributed by atoms with Gasteiger partial charge in [0.1, 0.15) is 0 Å². The standard InChI is InChI=1S/C22H27IN2O2/c1-3-5-7-22(26)25-21-14-10-19(11-15-21)23-18-8-12-20(13-9-18)24-17-27-16-6-4-2/h8-15,17H,3-7,16H2,1-2H3/p+1. The van der Waals surface area contributed by atoms with Crippen LogP contribution in [0.3, 0.4) is 0 Å². The van der Waals surface area contributed by atoms with Gasteiger partial charge in [0.2, 0.25) is 5.91 Å². The Morgan fingerprint density at radius 2 is 1.63 bits per heavy atom. The number of nitrogens with one attached hydrogen (secondary N) is 1. The van der Waals surface area contributed by atoms with Crippen molar-refractivity contribution < 1.29 is 30.7 Å². The second kappa shape index (κ2) is 12.5. The molecule has 2 aromatic carbocycles. The van der Waals surface area contributed by atoms with Crippen LogP contribution in [-0.4, -0.2) is 18.9 Å². The van der Waals surface area contributed by atoms with Gasteiger partial charge in [0, 0.05) is 12.1 Å². The molecule has 2 aromatic rings. The van der Waals surface area contributed by atoms with Gasteiger partial charge in [-0.1, -0.05) is 26.7 Å². The monoisotopic (exact) mass is 479 g/mol. The number of hydrogen-bond donors (Lipinski definition) is 1. The van der Waals surface area contributed by atoms with Gasteiger partial charge in [-0.2, -0.15) is 0 Å². The lowest BCUT2D eigenvalue weighted by Gasteiger charge is -2.03. The number of nitrogens with zero attached hydrogens (tertiary/aromatic N) is 1. The Hall–Kier alpha value is -1.89. The van der Waals surface area contributed by atoms with Gasteiger partial charge in [0.05, 0.1) is 12.3 Å². The topological polar surface area (TPSA) is 50.7 Å². The van der Waals surface area contributed by atoms with Crippen LogP contribution in [0.4, 0.5) is 11.4 Å². The van der Waals surface area contributed by atoms with Gasteiger partial charge < -0.3 is 10.1 Å². The maximum atomic E-state index is 11.8. The smallest absolute Gasteiger partial charge is 0.357 e. The van der Waals surface area contributed by atoms with E-state index in [2.05, 4.69) is 48.4 Å². The minimum Gasteiger partial charge on any atom is -0.483 e. The van der Waals surface area contributed by atoms with E-state index in [1.165, 1.54) is 13.5 Å². The molecule has 0 atom stereocenters. The van der Waals surface area contributed by atoms with E-state index in [0.717, 1.165) is 43.7 Å². The summed E-state index contributed by atoms with van der Waals surface area (Å²) < 4.78 is 8.00. The fourth-order valence-electron chi connectivity index (χ4n) is 2.25. The van der Waals surface area contributed by atoms with Crippen molar-refractivity contribution in [3.05, 3.63) is 55.7 Å². The quantitative estimate of drug-likeness (QED) is 0.233. The van der Waals surface area contributed by atoms with Crippen molar-refractivity contribution in [2.24, 2.45) is 4.99 Å². The number of halogens is 1. The Bertz CT molecular complexity index is 712. The van der Waals surface area contributed by atoms with Crippen LogP contribution in [0.5, 0.6) is 0 Å². The summed E-state index contributed by atoms with van der Waals surface area (Å²) in [4.78, 5) is 16.1. The predicted octanol–water partition coefficient (Wildman–Crippen LogP) is 2.42. The Balaban J connectivity index is 1.83. The number of aliphatic imine (C=N–C) groups is 1. The fraction of sp³-hybridized carbons (Fsp3) is 0.364. The highest BCUT2D eigenvalue weighted by molar-refractivity contribution is 5.90. The molecule has 4 nitrogen and oxygen atoms in total. The molecule has 0 aliphatic rings. The second-order valence-corrected chi connectivity index (χ2v) is 9.22.